The van der Waals surface area contributed by atoms with Crippen LogP contribution in [0, 0.1) is 5.92 Å². The highest BCUT2D eigenvalue weighted by molar-refractivity contribution is 6.07. The second-order valence-electron chi connectivity index (χ2n) is 10.0. The molecule has 32 heavy (non-hydrogen) atoms. The van der Waals surface area contributed by atoms with E-state index in [9.17, 15) is 9.59 Å². The van der Waals surface area contributed by atoms with Crippen molar-refractivity contribution in [3.05, 3.63) is 35.9 Å². The fourth-order valence-electron chi connectivity index (χ4n) is 5.90. The van der Waals surface area contributed by atoms with E-state index in [-0.39, 0.29) is 18.0 Å². The number of ether oxygens (including phenoxy) is 1. The van der Waals surface area contributed by atoms with Gasteiger partial charge in [0.2, 0.25) is 0 Å². The quantitative estimate of drug-likeness (QED) is 0.687. The van der Waals surface area contributed by atoms with E-state index in [2.05, 4.69) is 39.4 Å². The van der Waals surface area contributed by atoms with Crippen molar-refractivity contribution in [2.24, 2.45) is 5.92 Å². The third kappa shape index (κ3) is 4.56. The highest BCUT2D eigenvalue weighted by Gasteiger charge is 2.54. The van der Waals surface area contributed by atoms with Crippen LogP contribution in [-0.4, -0.2) is 90.7 Å². The first-order valence-electron chi connectivity index (χ1n) is 12.4. The Hall–Kier alpha value is -1.96. The van der Waals surface area contributed by atoms with Crippen molar-refractivity contribution in [1.82, 2.24) is 20.0 Å². The SMILES string of the molecule is O=C1NC2(CCN(CCc3ccccc3)CC2)C(=O)N1[C@@H]1CCCN(C[C@@H]2CCOC2)C1. The molecule has 0 aliphatic carbocycles. The van der Waals surface area contributed by atoms with Gasteiger partial charge in [0.1, 0.15) is 5.54 Å². The lowest BCUT2D eigenvalue weighted by Gasteiger charge is -2.39. The predicted molar refractivity (Wildman–Crippen MR) is 122 cm³/mol. The van der Waals surface area contributed by atoms with Gasteiger partial charge in [-0.05, 0) is 56.6 Å². The van der Waals surface area contributed by atoms with Crippen LogP contribution in [-0.2, 0) is 16.0 Å². The molecule has 0 bridgehead atoms. The highest BCUT2D eigenvalue weighted by Crippen LogP contribution is 2.32. The Kier molecular flexibility index (Phi) is 6.49. The summed E-state index contributed by atoms with van der Waals surface area (Å²) in [6.45, 7) is 7.27. The summed E-state index contributed by atoms with van der Waals surface area (Å²) in [4.78, 5) is 32.9. The van der Waals surface area contributed by atoms with E-state index in [1.807, 2.05) is 6.07 Å². The van der Waals surface area contributed by atoms with Gasteiger partial charge in [0.25, 0.3) is 5.91 Å². The minimum Gasteiger partial charge on any atom is -0.381 e. The van der Waals surface area contributed by atoms with Gasteiger partial charge in [-0.1, -0.05) is 30.3 Å². The van der Waals surface area contributed by atoms with E-state index in [1.165, 1.54) is 5.56 Å². The lowest BCUT2D eigenvalue weighted by atomic mass is 9.87. The van der Waals surface area contributed by atoms with Gasteiger partial charge in [-0.25, -0.2) is 4.79 Å². The molecule has 4 heterocycles. The number of carbonyl (C=O) groups excluding carboxylic acids is 2. The summed E-state index contributed by atoms with van der Waals surface area (Å²) in [5, 5.41) is 3.12. The third-order valence-electron chi connectivity index (χ3n) is 7.85. The fraction of sp³-hybridized carbons (Fsp3) is 0.680. The van der Waals surface area contributed by atoms with Crippen molar-refractivity contribution in [2.45, 2.75) is 50.1 Å². The Morgan fingerprint density at radius 3 is 2.59 bits per heavy atom. The minimum absolute atomic E-state index is 0.00550. The number of urea groups is 1. The van der Waals surface area contributed by atoms with Crippen LogP contribution in [0.5, 0.6) is 0 Å². The number of amides is 3. The fourth-order valence-corrected chi connectivity index (χ4v) is 5.90. The molecule has 0 saturated carbocycles. The first-order valence-corrected chi connectivity index (χ1v) is 12.4. The maximum absolute atomic E-state index is 13.5. The number of nitrogens with one attached hydrogen (secondary N) is 1. The van der Waals surface area contributed by atoms with Crippen molar-refractivity contribution in [3.8, 4) is 0 Å². The van der Waals surface area contributed by atoms with Crippen molar-refractivity contribution in [1.29, 1.82) is 0 Å². The summed E-state index contributed by atoms with van der Waals surface area (Å²) in [5.74, 6) is 0.602. The molecule has 7 nitrogen and oxygen atoms in total. The number of hydrogen-bond donors (Lipinski definition) is 1. The number of carbonyl (C=O) groups is 2. The van der Waals surface area contributed by atoms with Crippen molar-refractivity contribution >= 4 is 11.9 Å². The molecule has 4 aliphatic rings. The van der Waals surface area contributed by atoms with Crippen molar-refractivity contribution in [2.75, 3.05) is 52.5 Å². The summed E-state index contributed by atoms with van der Waals surface area (Å²) < 4.78 is 5.53. The highest BCUT2D eigenvalue weighted by atomic mass is 16.5. The van der Waals surface area contributed by atoms with Gasteiger partial charge < -0.3 is 19.9 Å². The average molecular weight is 441 g/mol. The summed E-state index contributed by atoms with van der Waals surface area (Å²) in [7, 11) is 0. The molecule has 0 unspecified atom stereocenters. The van der Waals surface area contributed by atoms with Crippen LogP contribution in [0.2, 0.25) is 0 Å². The summed E-state index contributed by atoms with van der Waals surface area (Å²) >= 11 is 0. The number of nitrogens with zero attached hydrogens (tertiary/aromatic N) is 3. The average Bonchev–Trinajstić information content (AvgIpc) is 3.40. The number of piperidine rings is 2. The zero-order valence-corrected chi connectivity index (χ0v) is 19.0. The summed E-state index contributed by atoms with van der Waals surface area (Å²) in [6, 6.07) is 10.3. The second-order valence-corrected chi connectivity index (χ2v) is 10.0. The van der Waals surface area contributed by atoms with E-state index in [0.29, 0.717) is 18.8 Å². The van der Waals surface area contributed by atoms with E-state index < -0.39 is 5.54 Å². The van der Waals surface area contributed by atoms with Crippen LogP contribution >= 0.6 is 0 Å². The Labute approximate surface area is 191 Å². The van der Waals surface area contributed by atoms with Crippen LogP contribution in [0.4, 0.5) is 4.79 Å². The van der Waals surface area contributed by atoms with Gasteiger partial charge in [-0.15, -0.1) is 0 Å². The van der Waals surface area contributed by atoms with E-state index in [0.717, 1.165) is 78.2 Å². The van der Waals surface area contributed by atoms with Crippen LogP contribution in [0.25, 0.3) is 0 Å². The number of hydrogen-bond acceptors (Lipinski definition) is 5. The van der Waals surface area contributed by atoms with Gasteiger partial charge in [0, 0.05) is 39.3 Å². The maximum Gasteiger partial charge on any atom is 0.325 e. The molecule has 5 rings (SSSR count). The van der Waals surface area contributed by atoms with Crippen molar-refractivity contribution < 1.29 is 14.3 Å². The second kappa shape index (κ2) is 9.49. The van der Waals surface area contributed by atoms with Gasteiger partial charge in [0.05, 0.1) is 12.6 Å². The molecule has 7 heteroatoms. The largest absolute Gasteiger partial charge is 0.381 e. The smallest absolute Gasteiger partial charge is 0.325 e. The molecule has 0 aromatic heterocycles. The molecular weight excluding hydrogens is 404 g/mol. The van der Waals surface area contributed by atoms with Crippen molar-refractivity contribution in [3.63, 3.8) is 0 Å². The number of likely N-dealkylation sites (tertiary alicyclic amines) is 2. The number of benzene rings is 1. The molecule has 4 saturated heterocycles. The van der Waals surface area contributed by atoms with Crippen LogP contribution in [0.15, 0.2) is 30.3 Å². The van der Waals surface area contributed by atoms with E-state index in [1.54, 1.807) is 4.90 Å². The molecular formula is C25H36N4O3. The zero-order valence-electron chi connectivity index (χ0n) is 19.0. The Balaban J connectivity index is 1.16. The molecule has 1 aromatic rings. The molecule has 1 aromatic carbocycles. The Morgan fingerprint density at radius 2 is 1.84 bits per heavy atom. The van der Waals surface area contributed by atoms with Gasteiger partial charge in [-0.3, -0.25) is 9.69 Å². The van der Waals surface area contributed by atoms with Crippen LogP contribution < -0.4 is 5.32 Å². The predicted octanol–water partition coefficient (Wildman–Crippen LogP) is 2.12. The molecule has 2 atom stereocenters. The maximum atomic E-state index is 13.5. The van der Waals surface area contributed by atoms with Crippen LogP contribution in [0.3, 0.4) is 0 Å². The van der Waals surface area contributed by atoms with E-state index in [4.69, 9.17) is 4.74 Å². The standard InChI is InChI=1S/C25H36N4O3/c30-23-25(10-14-27(15-11-25)13-8-20-5-2-1-3-6-20)26-24(31)29(23)22-7-4-12-28(18-22)17-21-9-16-32-19-21/h1-3,5-6,21-22H,4,7-19H2,(H,26,31)/t21-,22+/m0/s1. The molecule has 1 spiro atoms. The minimum atomic E-state index is -0.693. The summed E-state index contributed by atoms with van der Waals surface area (Å²) in [6.07, 6.45) is 5.50. The molecule has 3 amide bonds. The number of rotatable bonds is 6. The molecule has 174 valence electrons. The lowest BCUT2D eigenvalue weighted by Crippen LogP contribution is -2.56. The topological polar surface area (TPSA) is 65.1 Å². The molecule has 4 fully saturated rings. The monoisotopic (exact) mass is 440 g/mol. The molecule has 0 radical (unpaired) electrons. The van der Waals surface area contributed by atoms with Gasteiger partial charge >= 0.3 is 6.03 Å². The zero-order chi connectivity index (χ0) is 22.0. The van der Waals surface area contributed by atoms with Gasteiger partial charge in [0.15, 0.2) is 0 Å². The molecule has 4 aliphatic heterocycles. The van der Waals surface area contributed by atoms with E-state index >= 15 is 0 Å². The lowest BCUT2D eigenvalue weighted by molar-refractivity contribution is -0.135. The molecule has 1 N–H and O–H groups in total. The number of imide groups is 1. The Bertz CT molecular complexity index is 803. The first kappa shape index (κ1) is 21.9. The Morgan fingerprint density at radius 1 is 1.03 bits per heavy atom. The summed E-state index contributed by atoms with van der Waals surface area (Å²) in [5.41, 5.74) is 0.650. The first-order chi connectivity index (χ1) is 15.6. The third-order valence-corrected chi connectivity index (χ3v) is 7.85. The van der Waals surface area contributed by atoms with Gasteiger partial charge in [-0.2, -0.15) is 0 Å². The van der Waals surface area contributed by atoms with Crippen LogP contribution in [0.1, 0.15) is 37.7 Å². The normalized spacial score (nSPS) is 29.1.